The molecule has 0 spiro atoms. The lowest BCUT2D eigenvalue weighted by Crippen LogP contribution is -2.10. The van der Waals surface area contributed by atoms with Gasteiger partial charge in [0.25, 0.3) is 0 Å². The van der Waals surface area contributed by atoms with E-state index in [2.05, 4.69) is 4.98 Å². The van der Waals surface area contributed by atoms with E-state index in [0.717, 1.165) is 17.1 Å². The van der Waals surface area contributed by atoms with E-state index in [1.54, 1.807) is 6.20 Å². The predicted molar refractivity (Wildman–Crippen MR) is 76.6 cm³/mol. The third kappa shape index (κ3) is 3.93. The lowest BCUT2D eigenvalue weighted by Gasteiger charge is -2.11. The summed E-state index contributed by atoms with van der Waals surface area (Å²) in [6.07, 6.45) is 1.75. The molecule has 0 radical (unpaired) electrons. The number of anilines is 1. The normalized spacial score (nSPS) is 9.44. The van der Waals surface area contributed by atoms with E-state index >= 15 is 0 Å². The van der Waals surface area contributed by atoms with E-state index in [9.17, 15) is 0 Å². The van der Waals surface area contributed by atoms with Crippen LogP contribution < -0.4 is 9.64 Å². The Hall–Kier alpha value is -1.74. The number of ether oxygens (including phenoxy) is 1. The van der Waals surface area contributed by atoms with Gasteiger partial charge in [-0.25, -0.2) is 4.98 Å². The van der Waals surface area contributed by atoms with Crippen LogP contribution in [-0.2, 0) is 6.61 Å². The lowest BCUT2D eigenvalue weighted by molar-refractivity contribution is 0.305. The van der Waals surface area contributed by atoms with E-state index in [4.69, 9.17) is 4.74 Å². The molecule has 96 valence electrons. The van der Waals surface area contributed by atoms with Crippen LogP contribution in [0.3, 0.4) is 0 Å². The molecule has 0 saturated carbocycles. The van der Waals surface area contributed by atoms with Crippen molar-refractivity contribution in [2.45, 2.75) is 6.61 Å². The van der Waals surface area contributed by atoms with E-state index in [-0.39, 0.29) is 12.4 Å². The second-order valence-corrected chi connectivity index (χ2v) is 4.02. The fourth-order valence-corrected chi connectivity index (χ4v) is 1.46. The summed E-state index contributed by atoms with van der Waals surface area (Å²) in [4.78, 5) is 6.25. The number of benzene rings is 1. The smallest absolute Gasteiger partial charge is 0.138 e. The van der Waals surface area contributed by atoms with Gasteiger partial charge < -0.3 is 9.64 Å². The van der Waals surface area contributed by atoms with Crippen LogP contribution in [0.2, 0.25) is 0 Å². The summed E-state index contributed by atoms with van der Waals surface area (Å²) in [5, 5.41) is 0. The van der Waals surface area contributed by atoms with Crippen LogP contribution in [0, 0.1) is 0 Å². The number of aromatic nitrogens is 1. The topological polar surface area (TPSA) is 25.4 Å². The summed E-state index contributed by atoms with van der Waals surface area (Å²) in [5.41, 5.74) is 1.16. The summed E-state index contributed by atoms with van der Waals surface area (Å²) in [7, 11) is 3.93. The van der Waals surface area contributed by atoms with Gasteiger partial charge in [-0.15, -0.1) is 12.4 Å². The molecule has 2 rings (SSSR count). The Balaban J connectivity index is 0.00000162. The maximum Gasteiger partial charge on any atom is 0.138 e. The first-order chi connectivity index (χ1) is 8.25. The van der Waals surface area contributed by atoms with Gasteiger partial charge in [0.05, 0.1) is 6.20 Å². The largest absolute Gasteiger partial charge is 0.487 e. The van der Waals surface area contributed by atoms with Crippen LogP contribution in [0.1, 0.15) is 5.56 Å². The summed E-state index contributed by atoms with van der Waals surface area (Å²) < 4.78 is 5.65. The van der Waals surface area contributed by atoms with Gasteiger partial charge in [0.15, 0.2) is 0 Å². The summed E-state index contributed by atoms with van der Waals surface area (Å²) in [6.45, 7) is 0.573. The Kier molecular flexibility index (Phi) is 5.46. The van der Waals surface area contributed by atoms with Crippen molar-refractivity contribution in [2.24, 2.45) is 0 Å². The van der Waals surface area contributed by atoms with Gasteiger partial charge in [0.2, 0.25) is 0 Å². The third-order valence-corrected chi connectivity index (χ3v) is 2.43. The second-order valence-electron chi connectivity index (χ2n) is 4.02. The number of hydrogen-bond acceptors (Lipinski definition) is 3. The van der Waals surface area contributed by atoms with Crippen LogP contribution in [-0.4, -0.2) is 19.1 Å². The minimum absolute atomic E-state index is 0. The average Bonchev–Trinajstić information content (AvgIpc) is 2.38. The van der Waals surface area contributed by atoms with E-state index in [1.807, 2.05) is 61.5 Å². The number of pyridine rings is 1. The second kappa shape index (κ2) is 6.87. The Morgan fingerprint density at radius 1 is 1.06 bits per heavy atom. The van der Waals surface area contributed by atoms with E-state index < -0.39 is 0 Å². The van der Waals surface area contributed by atoms with Gasteiger partial charge in [-0.05, 0) is 17.7 Å². The summed E-state index contributed by atoms with van der Waals surface area (Å²) >= 11 is 0. The minimum Gasteiger partial charge on any atom is -0.487 e. The SMILES string of the molecule is CN(C)c1ccc(OCc2ccccc2)cn1.Cl. The lowest BCUT2D eigenvalue weighted by atomic mass is 10.2. The van der Waals surface area contributed by atoms with Gasteiger partial charge in [-0.2, -0.15) is 0 Å². The molecule has 0 atom stereocenters. The van der Waals surface area contributed by atoms with Crippen LogP contribution in [0.4, 0.5) is 5.82 Å². The number of halogens is 1. The zero-order valence-electron chi connectivity index (χ0n) is 10.5. The molecule has 1 aromatic carbocycles. The first-order valence-corrected chi connectivity index (χ1v) is 5.56. The molecule has 0 amide bonds. The summed E-state index contributed by atoms with van der Waals surface area (Å²) in [5.74, 6) is 1.72. The van der Waals surface area contributed by atoms with Crippen molar-refractivity contribution in [3.8, 4) is 5.75 Å². The Labute approximate surface area is 114 Å². The van der Waals surface area contributed by atoms with Gasteiger partial charge in [-0.3, -0.25) is 0 Å². The van der Waals surface area contributed by atoms with Gasteiger partial charge in [0, 0.05) is 14.1 Å². The highest BCUT2D eigenvalue weighted by Gasteiger charge is 1.98. The highest BCUT2D eigenvalue weighted by molar-refractivity contribution is 5.85. The zero-order valence-corrected chi connectivity index (χ0v) is 11.4. The molecule has 0 aliphatic heterocycles. The van der Waals surface area contributed by atoms with E-state index in [0.29, 0.717) is 6.61 Å². The molecule has 0 aliphatic rings. The minimum atomic E-state index is 0. The number of rotatable bonds is 4. The molecule has 1 heterocycles. The van der Waals surface area contributed by atoms with Crippen molar-refractivity contribution >= 4 is 18.2 Å². The Morgan fingerprint density at radius 3 is 2.33 bits per heavy atom. The Bertz CT molecular complexity index is 457. The maximum absolute atomic E-state index is 5.65. The first kappa shape index (κ1) is 14.3. The molecular formula is C14H17ClN2O. The van der Waals surface area contributed by atoms with Crippen LogP contribution >= 0.6 is 12.4 Å². The van der Waals surface area contributed by atoms with Crippen molar-refractivity contribution in [3.63, 3.8) is 0 Å². The molecule has 0 N–H and O–H groups in total. The van der Waals surface area contributed by atoms with Crippen LogP contribution in [0.15, 0.2) is 48.7 Å². The standard InChI is InChI=1S/C14H16N2O.ClH/c1-16(2)14-9-8-13(10-15-14)17-11-12-6-4-3-5-7-12;/h3-10H,11H2,1-2H3;1H. The van der Waals surface area contributed by atoms with Crippen molar-refractivity contribution in [2.75, 3.05) is 19.0 Å². The van der Waals surface area contributed by atoms with Crippen molar-refractivity contribution in [1.29, 1.82) is 0 Å². The molecule has 0 fully saturated rings. The van der Waals surface area contributed by atoms with E-state index in [1.165, 1.54) is 0 Å². The highest BCUT2D eigenvalue weighted by Crippen LogP contribution is 2.15. The molecule has 2 aromatic rings. The van der Waals surface area contributed by atoms with Crippen molar-refractivity contribution in [1.82, 2.24) is 4.98 Å². The quantitative estimate of drug-likeness (QED) is 0.848. The van der Waals surface area contributed by atoms with Crippen LogP contribution in [0.5, 0.6) is 5.75 Å². The predicted octanol–water partition coefficient (Wildman–Crippen LogP) is 3.15. The average molecular weight is 265 g/mol. The first-order valence-electron chi connectivity index (χ1n) is 5.56. The molecule has 0 bridgehead atoms. The molecule has 0 saturated heterocycles. The molecular weight excluding hydrogens is 248 g/mol. The van der Waals surface area contributed by atoms with Gasteiger partial charge in [0.1, 0.15) is 18.2 Å². The number of nitrogens with zero attached hydrogens (tertiary/aromatic N) is 2. The molecule has 0 aliphatic carbocycles. The maximum atomic E-state index is 5.65. The zero-order chi connectivity index (χ0) is 12.1. The molecule has 18 heavy (non-hydrogen) atoms. The van der Waals surface area contributed by atoms with Crippen molar-refractivity contribution in [3.05, 3.63) is 54.2 Å². The van der Waals surface area contributed by atoms with Crippen molar-refractivity contribution < 1.29 is 4.74 Å². The molecule has 3 nitrogen and oxygen atoms in total. The van der Waals surface area contributed by atoms with Gasteiger partial charge >= 0.3 is 0 Å². The number of hydrogen-bond donors (Lipinski definition) is 0. The highest BCUT2D eigenvalue weighted by atomic mass is 35.5. The molecule has 0 unspecified atom stereocenters. The molecule has 4 heteroatoms. The fraction of sp³-hybridized carbons (Fsp3) is 0.214. The monoisotopic (exact) mass is 264 g/mol. The fourth-order valence-electron chi connectivity index (χ4n) is 1.46. The van der Waals surface area contributed by atoms with Gasteiger partial charge in [-0.1, -0.05) is 30.3 Å². The van der Waals surface area contributed by atoms with Crippen LogP contribution in [0.25, 0.3) is 0 Å². The summed E-state index contributed by atoms with van der Waals surface area (Å²) in [6, 6.07) is 14.0. The molecule has 1 aromatic heterocycles. The Morgan fingerprint density at radius 2 is 1.78 bits per heavy atom. The third-order valence-electron chi connectivity index (χ3n) is 2.43.